The minimum atomic E-state index is -0.151. The Balaban J connectivity index is 2.08. The topological polar surface area (TPSA) is 69.6 Å². The molecule has 0 radical (unpaired) electrons. The third-order valence-corrected chi connectivity index (χ3v) is 2.63. The number of hydrogen-bond acceptors (Lipinski definition) is 4. The lowest BCUT2D eigenvalue weighted by Crippen LogP contribution is -2.17. The van der Waals surface area contributed by atoms with Crippen molar-refractivity contribution in [1.29, 1.82) is 0 Å². The molecule has 0 amide bonds. The highest BCUT2D eigenvalue weighted by Gasteiger charge is 2.12. The van der Waals surface area contributed by atoms with Gasteiger partial charge in [-0.3, -0.25) is 9.97 Å². The summed E-state index contributed by atoms with van der Waals surface area (Å²) in [4.78, 5) is 12.6. The van der Waals surface area contributed by atoms with Crippen molar-refractivity contribution in [3.05, 3.63) is 42.5 Å². The molecular weight excluding hydrogens is 214 g/mol. The van der Waals surface area contributed by atoms with E-state index in [0.29, 0.717) is 6.42 Å². The second kappa shape index (κ2) is 5.54. The van der Waals surface area contributed by atoms with E-state index in [1.54, 1.807) is 18.6 Å². The largest absolute Gasteiger partial charge is 0.335 e. The van der Waals surface area contributed by atoms with Crippen LogP contribution < -0.4 is 5.73 Å². The molecule has 2 rings (SSSR count). The molecule has 0 saturated carbocycles. The molecule has 90 valence electrons. The summed E-state index contributed by atoms with van der Waals surface area (Å²) in [5.74, 6) is 1.00. The zero-order valence-corrected chi connectivity index (χ0v) is 9.95. The van der Waals surface area contributed by atoms with Gasteiger partial charge in [0.15, 0.2) is 0 Å². The predicted molar refractivity (Wildman–Crippen MR) is 65.2 cm³/mol. The van der Waals surface area contributed by atoms with Crippen molar-refractivity contribution in [2.75, 3.05) is 0 Å². The maximum absolute atomic E-state index is 6.10. The van der Waals surface area contributed by atoms with E-state index in [4.69, 9.17) is 5.73 Å². The number of nitrogens with zero attached hydrogens (tertiary/aromatic N) is 4. The average Bonchev–Trinajstić information content (AvgIpc) is 2.78. The third-order valence-electron chi connectivity index (χ3n) is 2.63. The van der Waals surface area contributed by atoms with Crippen LogP contribution in [0.3, 0.4) is 0 Å². The minimum Gasteiger partial charge on any atom is -0.335 e. The standard InChI is InChI=1S/C12H17N5/c1-2-6-17-7-5-16-12(17)8-10(13)11-9-14-3-4-15-11/h3-5,7,9-10H,2,6,8,13H2,1H3. The van der Waals surface area contributed by atoms with Crippen LogP contribution in [0, 0.1) is 0 Å². The van der Waals surface area contributed by atoms with Gasteiger partial charge in [-0.2, -0.15) is 0 Å². The number of aryl methyl sites for hydroxylation is 1. The van der Waals surface area contributed by atoms with Gasteiger partial charge in [-0.25, -0.2) is 4.98 Å². The van der Waals surface area contributed by atoms with Gasteiger partial charge in [-0.15, -0.1) is 0 Å². The van der Waals surface area contributed by atoms with Crippen molar-refractivity contribution in [2.45, 2.75) is 32.4 Å². The highest BCUT2D eigenvalue weighted by atomic mass is 15.1. The molecule has 1 atom stereocenters. The fourth-order valence-corrected chi connectivity index (χ4v) is 1.78. The van der Waals surface area contributed by atoms with Crippen LogP contribution in [0.25, 0.3) is 0 Å². The normalized spacial score (nSPS) is 12.6. The van der Waals surface area contributed by atoms with Crippen LogP contribution in [0.15, 0.2) is 31.0 Å². The van der Waals surface area contributed by atoms with E-state index in [1.807, 2.05) is 12.4 Å². The summed E-state index contributed by atoms with van der Waals surface area (Å²) in [6, 6.07) is -0.151. The van der Waals surface area contributed by atoms with E-state index >= 15 is 0 Å². The minimum absolute atomic E-state index is 0.151. The summed E-state index contributed by atoms with van der Waals surface area (Å²) in [6.07, 6.45) is 10.6. The lowest BCUT2D eigenvalue weighted by atomic mass is 10.1. The molecule has 5 nitrogen and oxygen atoms in total. The first-order valence-corrected chi connectivity index (χ1v) is 5.82. The third kappa shape index (κ3) is 2.88. The smallest absolute Gasteiger partial charge is 0.110 e. The van der Waals surface area contributed by atoms with Crippen LogP contribution in [-0.2, 0) is 13.0 Å². The highest BCUT2D eigenvalue weighted by molar-refractivity contribution is 5.06. The lowest BCUT2D eigenvalue weighted by Gasteiger charge is -2.11. The molecule has 0 spiro atoms. The second-order valence-corrected chi connectivity index (χ2v) is 3.98. The first-order chi connectivity index (χ1) is 8.31. The van der Waals surface area contributed by atoms with Crippen LogP contribution in [0.5, 0.6) is 0 Å². The van der Waals surface area contributed by atoms with Crippen molar-refractivity contribution < 1.29 is 0 Å². The molecule has 17 heavy (non-hydrogen) atoms. The Hall–Kier alpha value is -1.75. The summed E-state index contributed by atoms with van der Waals surface area (Å²) in [5.41, 5.74) is 6.90. The quantitative estimate of drug-likeness (QED) is 0.842. The lowest BCUT2D eigenvalue weighted by molar-refractivity contribution is 0.591. The zero-order chi connectivity index (χ0) is 12.1. The van der Waals surface area contributed by atoms with Gasteiger partial charge in [0.05, 0.1) is 11.7 Å². The number of rotatable bonds is 5. The Bertz CT molecular complexity index is 451. The molecule has 2 heterocycles. The summed E-state index contributed by atoms with van der Waals surface area (Å²) in [5, 5.41) is 0. The Morgan fingerprint density at radius 2 is 2.18 bits per heavy atom. The molecule has 1 unspecified atom stereocenters. The molecule has 0 aliphatic carbocycles. The molecule has 2 aromatic heterocycles. The van der Waals surface area contributed by atoms with E-state index in [2.05, 4.69) is 26.4 Å². The van der Waals surface area contributed by atoms with Gasteiger partial charge in [0, 0.05) is 43.9 Å². The van der Waals surface area contributed by atoms with Crippen molar-refractivity contribution >= 4 is 0 Å². The molecule has 0 saturated heterocycles. The van der Waals surface area contributed by atoms with Crippen LogP contribution in [-0.4, -0.2) is 19.5 Å². The molecule has 0 fully saturated rings. The van der Waals surface area contributed by atoms with Crippen LogP contribution in [0.1, 0.15) is 30.9 Å². The van der Waals surface area contributed by atoms with Crippen LogP contribution >= 0.6 is 0 Å². The van der Waals surface area contributed by atoms with Crippen molar-refractivity contribution in [1.82, 2.24) is 19.5 Å². The summed E-state index contributed by atoms with van der Waals surface area (Å²) >= 11 is 0. The zero-order valence-electron chi connectivity index (χ0n) is 9.95. The SMILES string of the molecule is CCCn1ccnc1CC(N)c1cnccn1. The van der Waals surface area contributed by atoms with E-state index in [0.717, 1.165) is 24.5 Å². The number of nitrogens with two attached hydrogens (primary N) is 1. The maximum Gasteiger partial charge on any atom is 0.110 e. The molecule has 0 aliphatic heterocycles. The maximum atomic E-state index is 6.10. The van der Waals surface area contributed by atoms with Gasteiger partial charge in [0.2, 0.25) is 0 Å². The molecule has 2 N–H and O–H groups in total. The van der Waals surface area contributed by atoms with Gasteiger partial charge in [-0.05, 0) is 6.42 Å². The van der Waals surface area contributed by atoms with Gasteiger partial charge in [0.1, 0.15) is 5.82 Å². The highest BCUT2D eigenvalue weighted by Crippen LogP contribution is 2.12. The molecule has 0 aromatic carbocycles. The van der Waals surface area contributed by atoms with Crippen molar-refractivity contribution in [3.8, 4) is 0 Å². The van der Waals surface area contributed by atoms with Crippen LogP contribution in [0.2, 0.25) is 0 Å². The molecule has 2 aromatic rings. The molecular formula is C12H17N5. The summed E-state index contributed by atoms with van der Waals surface area (Å²) < 4.78 is 2.14. The Morgan fingerprint density at radius 1 is 1.29 bits per heavy atom. The monoisotopic (exact) mass is 231 g/mol. The molecule has 0 aliphatic rings. The van der Waals surface area contributed by atoms with Gasteiger partial charge in [0.25, 0.3) is 0 Å². The Labute approximate surface area is 101 Å². The van der Waals surface area contributed by atoms with Crippen molar-refractivity contribution in [3.63, 3.8) is 0 Å². The van der Waals surface area contributed by atoms with E-state index in [1.165, 1.54) is 0 Å². The summed E-state index contributed by atoms with van der Waals surface area (Å²) in [6.45, 7) is 3.12. The molecule has 0 bridgehead atoms. The average molecular weight is 231 g/mol. The van der Waals surface area contributed by atoms with Crippen LogP contribution in [0.4, 0.5) is 0 Å². The van der Waals surface area contributed by atoms with Gasteiger partial charge >= 0.3 is 0 Å². The number of hydrogen-bond donors (Lipinski definition) is 1. The second-order valence-electron chi connectivity index (χ2n) is 3.98. The first-order valence-electron chi connectivity index (χ1n) is 5.82. The predicted octanol–water partition coefficient (Wildman–Crippen LogP) is 1.33. The van der Waals surface area contributed by atoms with Gasteiger partial charge < -0.3 is 10.3 Å². The fourth-order valence-electron chi connectivity index (χ4n) is 1.78. The number of imidazole rings is 1. The molecule has 5 heteroatoms. The van der Waals surface area contributed by atoms with E-state index in [-0.39, 0.29) is 6.04 Å². The first kappa shape index (κ1) is 11.7. The van der Waals surface area contributed by atoms with E-state index in [9.17, 15) is 0 Å². The van der Waals surface area contributed by atoms with Crippen molar-refractivity contribution in [2.24, 2.45) is 5.73 Å². The summed E-state index contributed by atoms with van der Waals surface area (Å²) in [7, 11) is 0. The Morgan fingerprint density at radius 3 is 2.88 bits per heavy atom. The van der Waals surface area contributed by atoms with E-state index < -0.39 is 0 Å². The fraction of sp³-hybridized carbons (Fsp3) is 0.417. The van der Waals surface area contributed by atoms with Gasteiger partial charge in [-0.1, -0.05) is 6.92 Å². The Kier molecular flexibility index (Phi) is 3.82. The number of aromatic nitrogens is 4.